The van der Waals surface area contributed by atoms with Crippen LogP contribution >= 0.6 is 11.3 Å². The van der Waals surface area contributed by atoms with Gasteiger partial charge in [-0.15, -0.1) is 11.3 Å². The fourth-order valence-electron chi connectivity index (χ4n) is 4.49. The van der Waals surface area contributed by atoms with Gasteiger partial charge >= 0.3 is 0 Å². The summed E-state index contributed by atoms with van der Waals surface area (Å²) in [6, 6.07) is 15.0. The fraction of sp³-hybridized carbons (Fsp3) is 0.167. The van der Waals surface area contributed by atoms with Crippen molar-refractivity contribution in [3.8, 4) is 21.9 Å². The Morgan fingerprint density at radius 3 is 2.55 bits per heavy atom. The lowest BCUT2D eigenvalue weighted by molar-refractivity contribution is 0.0303. The number of rotatable bonds is 6. The van der Waals surface area contributed by atoms with E-state index in [0.717, 1.165) is 21.2 Å². The van der Waals surface area contributed by atoms with Gasteiger partial charge in [-0.2, -0.15) is 0 Å². The minimum Gasteiger partial charge on any atom is -0.453 e. The second-order valence-electron chi connectivity index (χ2n) is 9.51. The third kappa shape index (κ3) is 5.49. The summed E-state index contributed by atoms with van der Waals surface area (Å²) in [6.45, 7) is 2.25. The van der Waals surface area contributed by atoms with Crippen molar-refractivity contribution in [2.24, 2.45) is 7.05 Å². The number of ether oxygens (including phenoxy) is 2. The Bertz CT molecular complexity index is 1860. The molecular formula is C30H24FN5O5S. The smallest absolute Gasteiger partial charge is 0.281 e. The highest BCUT2D eigenvalue weighted by Crippen LogP contribution is 2.39. The highest BCUT2D eigenvalue weighted by Gasteiger charge is 2.19. The predicted molar refractivity (Wildman–Crippen MR) is 156 cm³/mol. The molecule has 3 aromatic heterocycles. The first-order valence-corrected chi connectivity index (χ1v) is 13.9. The lowest BCUT2D eigenvalue weighted by Crippen LogP contribution is -2.40. The van der Waals surface area contributed by atoms with Crippen LogP contribution < -0.4 is 15.6 Å². The van der Waals surface area contributed by atoms with Crippen LogP contribution in [-0.2, 0) is 11.8 Å². The quantitative estimate of drug-likeness (QED) is 0.307. The molecule has 1 fully saturated rings. The van der Waals surface area contributed by atoms with Gasteiger partial charge in [0.05, 0.1) is 23.4 Å². The van der Waals surface area contributed by atoms with Gasteiger partial charge in [-0.05, 0) is 35.9 Å². The van der Waals surface area contributed by atoms with Gasteiger partial charge < -0.3 is 24.3 Å². The first-order valence-electron chi connectivity index (χ1n) is 13.0. The maximum Gasteiger partial charge on any atom is 0.281 e. The number of aromatic nitrogens is 3. The van der Waals surface area contributed by atoms with Crippen LogP contribution in [0.1, 0.15) is 20.8 Å². The van der Waals surface area contributed by atoms with E-state index in [4.69, 9.17) is 9.47 Å². The summed E-state index contributed by atoms with van der Waals surface area (Å²) < 4.78 is 28.2. The molecule has 1 N–H and O–H groups in total. The number of amides is 2. The zero-order valence-corrected chi connectivity index (χ0v) is 23.2. The number of aryl methyl sites for hydroxylation is 1. The molecule has 2 aromatic carbocycles. The van der Waals surface area contributed by atoms with Gasteiger partial charge in [-0.1, -0.05) is 12.1 Å². The van der Waals surface area contributed by atoms with Gasteiger partial charge in [0, 0.05) is 67.0 Å². The zero-order valence-electron chi connectivity index (χ0n) is 22.4. The van der Waals surface area contributed by atoms with Crippen LogP contribution in [0, 0.1) is 5.82 Å². The van der Waals surface area contributed by atoms with E-state index in [2.05, 4.69) is 15.3 Å². The van der Waals surface area contributed by atoms with Gasteiger partial charge in [0.25, 0.3) is 17.4 Å². The molecule has 6 rings (SSSR count). The molecule has 0 aliphatic carbocycles. The number of carbonyl (C=O) groups excluding carboxylic acids is 2. The van der Waals surface area contributed by atoms with Gasteiger partial charge in [0.1, 0.15) is 5.75 Å². The summed E-state index contributed by atoms with van der Waals surface area (Å²) in [5, 5.41) is 2.49. The maximum atomic E-state index is 15.0. The largest absolute Gasteiger partial charge is 0.453 e. The Morgan fingerprint density at radius 2 is 1.79 bits per heavy atom. The number of benzene rings is 2. The van der Waals surface area contributed by atoms with E-state index in [-0.39, 0.29) is 23.0 Å². The summed E-state index contributed by atoms with van der Waals surface area (Å²) in [6.07, 6.45) is 4.35. The lowest BCUT2D eigenvalue weighted by Gasteiger charge is -2.26. The standard InChI is InChI=1S/C30H24FN5O5S/c1-35-11-10-33-26(30(35)39)28(37)34-20-6-7-23(21(31)16-20)41-24-8-9-32-22-17-25(42-27(22)24)18-2-4-19(5-3-18)29(38)36-12-14-40-15-13-36/h2-11,16-17H,12-15H2,1H3,(H,34,37). The Hall–Kier alpha value is -4.94. The van der Waals surface area contributed by atoms with Crippen molar-refractivity contribution in [2.45, 2.75) is 0 Å². The van der Waals surface area contributed by atoms with E-state index < -0.39 is 17.3 Å². The second-order valence-corrected chi connectivity index (χ2v) is 10.6. The third-order valence-corrected chi connectivity index (χ3v) is 7.92. The summed E-state index contributed by atoms with van der Waals surface area (Å²) >= 11 is 1.44. The SMILES string of the molecule is Cn1ccnc(C(=O)Nc2ccc(Oc3ccnc4cc(-c5ccc(C(=O)N6CCOCC6)cc5)sc34)c(F)c2)c1=O. The number of nitrogens with one attached hydrogen (secondary N) is 1. The molecular weight excluding hydrogens is 561 g/mol. The molecule has 12 heteroatoms. The summed E-state index contributed by atoms with van der Waals surface area (Å²) in [5.41, 5.74) is 1.49. The minimum absolute atomic E-state index is 0.0212. The van der Waals surface area contributed by atoms with Gasteiger partial charge in [0.2, 0.25) is 0 Å². The average Bonchev–Trinajstić information content (AvgIpc) is 3.45. The Balaban J connectivity index is 1.19. The predicted octanol–water partition coefficient (Wildman–Crippen LogP) is 4.71. The van der Waals surface area contributed by atoms with Crippen molar-refractivity contribution in [1.29, 1.82) is 0 Å². The van der Waals surface area contributed by atoms with E-state index >= 15 is 4.39 Å². The summed E-state index contributed by atoms with van der Waals surface area (Å²) in [7, 11) is 1.50. The molecule has 0 atom stereocenters. The van der Waals surface area contributed by atoms with E-state index in [0.29, 0.717) is 43.1 Å². The third-order valence-electron chi connectivity index (χ3n) is 6.73. The molecule has 212 valence electrons. The second kappa shape index (κ2) is 11.5. The van der Waals surface area contributed by atoms with E-state index in [1.165, 1.54) is 47.5 Å². The molecule has 1 saturated heterocycles. The van der Waals surface area contributed by atoms with Crippen LogP contribution in [0.2, 0.25) is 0 Å². The summed E-state index contributed by atoms with van der Waals surface area (Å²) in [4.78, 5) is 48.4. The first kappa shape index (κ1) is 27.2. The van der Waals surface area contributed by atoms with Crippen LogP contribution in [-0.4, -0.2) is 57.6 Å². The minimum atomic E-state index is -0.746. The van der Waals surface area contributed by atoms with Crippen molar-refractivity contribution in [1.82, 2.24) is 19.4 Å². The van der Waals surface area contributed by atoms with Crippen molar-refractivity contribution in [3.05, 3.63) is 101 Å². The Morgan fingerprint density at radius 1 is 1.00 bits per heavy atom. The molecule has 2 amide bonds. The molecule has 0 unspecified atom stereocenters. The monoisotopic (exact) mass is 585 g/mol. The molecule has 5 aromatic rings. The average molecular weight is 586 g/mol. The number of fused-ring (bicyclic) bond motifs is 1. The van der Waals surface area contributed by atoms with Crippen LogP contribution in [0.5, 0.6) is 11.5 Å². The molecule has 1 aliphatic rings. The number of carbonyl (C=O) groups is 2. The molecule has 4 heterocycles. The number of morpholine rings is 1. The number of halogens is 1. The highest BCUT2D eigenvalue weighted by molar-refractivity contribution is 7.22. The zero-order chi connectivity index (χ0) is 29.2. The van der Waals surface area contributed by atoms with E-state index in [1.54, 1.807) is 17.2 Å². The molecule has 0 bridgehead atoms. The number of nitrogens with zero attached hydrogens (tertiary/aromatic N) is 4. The molecule has 10 nitrogen and oxygen atoms in total. The van der Waals surface area contributed by atoms with Crippen molar-refractivity contribution in [2.75, 3.05) is 31.6 Å². The first-order chi connectivity index (χ1) is 20.4. The van der Waals surface area contributed by atoms with Crippen LogP contribution in [0.15, 0.2) is 78.0 Å². The van der Waals surface area contributed by atoms with E-state index in [1.807, 2.05) is 30.3 Å². The Kier molecular flexibility index (Phi) is 7.46. The molecule has 0 radical (unpaired) electrons. The molecule has 0 saturated carbocycles. The van der Waals surface area contributed by atoms with Gasteiger partial charge in [0.15, 0.2) is 17.3 Å². The van der Waals surface area contributed by atoms with Gasteiger partial charge in [-0.25, -0.2) is 9.37 Å². The number of hydrogen-bond donors (Lipinski definition) is 1. The van der Waals surface area contributed by atoms with Crippen LogP contribution in [0.4, 0.5) is 10.1 Å². The Labute approximate surface area is 243 Å². The number of anilines is 1. The number of thiophene rings is 1. The molecule has 42 heavy (non-hydrogen) atoms. The van der Waals surface area contributed by atoms with Crippen LogP contribution in [0.25, 0.3) is 20.7 Å². The lowest BCUT2D eigenvalue weighted by atomic mass is 10.1. The highest BCUT2D eigenvalue weighted by atomic mass is 32.1. The van der Waals surface area contributed by atoms with Crippen molar-refractivity contribution in [3.63, 3.8) is 0 Å². The molecule has 0 spiro atoms. The summed E-state index contributed by atoms with van der Waals surface area (Å²) in [5.74, 6) is -1.10. The van der Waals surface area contributed by atoms with Gasteiger partial charge in [-0.3, -0.25) is 19.4 Å². The molecule has 1 aliphatic heterocycles. The van der Waals surface area contributed by atoms with Crippen molar-refractivity contribution >= 4 is 39.1 Å². The number of hydrogen-bond acceptors (Lipinski definition) is 8. The topological polar surface area (TPSA) is 116 Å². The van der Waals surface area contributed by atoms with Crippen LogP contribution in [0.3, 0.4) is 0 Å². The van der Waals surface area contributed by atoms with Crippen molar-refractivity contribution < 1.29 is 23.5 Å². The maximum absolute atomic E-state index is 15.0. The number of pyridine rings is 1. The normalized spacial score (nSPS) is 13.2. The van der Waals surface area contributed by atoms with E-state index in [9.17, 15) is 14.4 Å². The fourth-order valence-corrected chi connectivity index (χ4v) is 5.56.